The highest BCUT2D eigenvalue weighted by Gasteiger charge is 2.13. The minimum atomic E-state index is -0.208. The van der Waals surface area contributed by atoms with Crippen molar-refractivity contribution in [3.63, 3.8) is 0 Å². The summed E-state index contributed by atoms with van der Waals surface area (Å²) < 4.78 is 1.44. The molecule has 0 atom stereocenters. The van der Waals surface area contributed by atoms with Crippen LogP contribution >= 0.6 is 23.4 Å². The van der Waals surface area contributed by atoms with Crippen molar-refractivity contribution >= 4 is 46.0 Å². The molecule has 0 saturated heterocycles. The second-order valence-corrected chi connectivity index (χ2v) is 7.09. The van der Waals surface area contributed by atoms with Crippen LogP contribution < -0.4 is 10.9 Å². The van der Waals surface area contributed by atoms with Crippen molar-refractivity contribution in [3.05, 3.63) is 50.9 Å². The zero-order valence-electron chi connectivity index (χ0n) is 14.0. The first-order chi connectivity index (χ1) is 11.9. The zero-order chi connectivity index (χ0) is 18.1. The normalized spacial score (nSPS) is 11.0. The predicted molar refractivity (Wildman–Crippen MR) is 102 cm³/mol. The summed E-state index contributed by atoms with van der Waals surface area (Å²) in [4.78, 5) is 32.1. The Bertz CT molecular complexity index is 1010. The highest BCUT2D eigenvalue weighted by atomic mass is 35.5. The Morgan fingerprint density at radius 3 is 2.88 bits per heavy atom. The Kier molecular flexibility index (Phi) is 4.87. The van der Waals surface area contributed by atoms with Crippen molar-refractivity contribution in [2.75, 3.05) is 11.1 Å². The van der Waals surface area contributed by atoms with E-state index >= 15 is 0 Å². The lowest BCUT2D eigenvalue weighted by atomic mass is 10.2. The third-order valence-corrected chi connectivity index (χ3v) is 5.12. The Hall–Kier alpha value is -2.25. The Labute approximate surface area is 153 Å². The minimum absolute atomic E-state index is 0.125. The van der Waals surface area contributed by atoms with Gasteiger partial charge in [-0.1, -0.05) is 35.5 Å². The predicted octanol–water partition coefficient (Wildman–Crippen LogP) is 3.26. The van der Waals surface area contributed by atoms with E-state index in [9.17, 15) is 9.59 Å². The molecule has 0 aliphatic rings. The molecule has 0 unspecified atom stereocenters. The molecule has 2 aromatic heterocycles. The molecule has 0 aliphatic heterocycles. The lowest BCUT2D eigenvalue weighted by Crippen LogP contribution is -2.21. The van der Waals surface area contributed by atoms with E-state index < -0.39 is 0 Å². The summed E-state index contributed by atoms with van der Waals surface area (Å²) in [7, 11) is 1.64. The summed E-state index contributed by atoms with van der Waals surface area (Å²) in [5.74, 6) is -0.0827. The second kappa shape index (κ2) is 6.93. The van der Waals surface area contributed by atoms with Gasteiger partial charge in [-0.3, -0.25) is 14.2 Å². The van der Waals surface area contributed by atoms with Gasteiger partial charge in [0.2, 0.25) is 5.91 Å². The van der Waals surface area contributed by atoms with Crippen LogP contribution in [0.3, 0.4) is 0 Å². The molecule has 0 bridgehead atoms. The van der Waals surface area contributed by atoms with E-state index in [1.165, 1.54) is 16.3 Å². The van der Waals surface area contributed by atoms with Crippen molar-refractivity contribution < 1.29 is 4.79 Å². The lowest BCUT2D eigenvalue weighted by molar-refractivity contribution is -0.113. The monoisotopic (exact) mass is 376 g/mol. The summed E-state index contributed by atoms with van der Waals surface area (Å²) in [6.07, 6.45) is 0. The van der Waals surface area contributed by atoms with E-state index in [4.69, 9.17) is 11.6 Å². The number of hydrogen-bond donors (Lipinski definition) is 2. The maximum absolute atomic E-state index is 12.3. The molecule has 130 valence electrons. The number of halogens is 1. The molecular formula is C17H17ClN4O2S. The van der Waals surface area contributed by atoms with Crippen LogP contribution in [0.4, 0.5) is 5.69 Å². The van der Waals surface area contributed by atoms with E-state index in [-0.39, 0.29) is 17.2 Å². The summed E-state index contributed by atoms with van der Waals surface area (Å²) in [6, 6.07) is 7.25. The highest BCUT2D eigenvalue weighted by Crippen LogP contribution is 2.26. The summed E-state index contributed by atoms with van der Waals surface area (Å²) in [6.45, 7) is 3.75. The number of benzene rings is 1. The SMILES string of the molecule is Cc1cc2nc(SCC(=O)Nc3c(C)cccc3Cl)n(C)c(=O)c2[nH]1. The van der Waals surface area contributed by atoms with Gasteiger partial charge in [0.25, 0.3) is 5.56 Å². The number of hydrogen-bond acceptors (Lipinski definition) is 4. The number of rotatable bonds is 4. The molecule has 0 saturated carbocycles. The summed E-state index contributed by atoms with van der Waals surface area (Å²) in [5, 5.41) is 3.79. The maximum Gasteiger partial charge on any atom is 0.278 e. The smallest absolute Gasteiger partial charge is 0.278 e. The number of nitrogens with zero attached hydrogens (tertiary/aromatic N) is 2. The third kappa shape index (κ3) is 3.57. The van der Waals surface area contributed by atoms with Crippen LogP contribution in [-0.4, -0.2) is 26.2 Å². The van der Waals surface area contributed by atoms with Gasteiger partial charge in [-0.05, 0) is 31.5 Å². The molecule has 2 N–H and O–H groups in total. The van der Waals surface area contributed by atoms with E-state index in [0.717, 1.165) is 11.3 Å². The zero-order valence-corrected chi connectivity index (χ0v) is 15.6. The van der Waals surface area contributed by atoms with Gasteiger partial charge in [0.1, 0.15) is 5.52 Å². The maximum atomic E-state index is 12.3. The van der Waals surface area contributed by atoms with Crippen molar-refractivity contribution in [1.82, 2.24) is 14.5 Å². The van der Waals surface area contributed by atoms with E-state index in [1.54, 1.807) is 13.1 Å². The number of carbonyl (C=O) groups is 1. The number of aryl methyl sites for hydroxylation is 2. The molecule has 3 aromatic rings. The van der Waals surface area contributed by atoms with Crippen LogP contribution in [-0.2, 0) is 11.8 Å². The van der Waals surface area contributed by atoms with Gasteiger partial charge in [0, 0.05) is 12.7 Å². The number of aromatic nitrogens is 3. The fraction of sp³-hybridized carbons (Fsp3) is 0.235. The molecule has 6 nitrogen and oxygen atoms in total. The number of carbonyl (C=O) groups excluding carboxylic acids is 1. The van der Waals surface area contributed by atoms with Crippen LogP contribution in [0.25, 0.3) is 11.0 Å². The summed E-state index contributed by atoms with van der Waals surface area (Å²) >= 11 is 7.33. The minimum Gasteiger partial charge on any atom is -0.353 e. The quantitative estimate of drug-likeness (QED) is 0.541. The number of aromatic amines is 1. The first-order valence-corrected chi connectivity index (χ1v) is 8.97. The van der Waals surface area contributed by atoms with Crippen LogP contribution in [0.2, 0.25) is 5.02 Å². The van der Waals surface area contributed by atoms with Gasteiger partial charge in [-0.2, -0.15) is 0 Å². The number of H-pyrrole nitrogens is 1. The Morgan fingerprint density at radius 1 is 1.40 bits per heavy atom. The number of amides is 1. The average molecular weight is 377 g/mol. The van der Waals surface area contributed by atoms with Gasteiger partial charge in [0.15, 0.2) is 5.16 Å². The number of nitrogens with one attached hydrogen (secondary N) is 2. The van der Waals surface area contributed by atoms with Crippen LogP contribution in [0.1, 0.15) is 11.3 Å². The summed E-state index contributed by atoms with van der Waals surface area (Å²) in [5.41, 5.74) is 3.27. The van der Waals surface area contributed by atoms with Crippen molar-refractivity contribution in [2.24, 2.45) is 7.05 Å². The van der Waals surface area contributed by atoms with Crippen LogP contribution in [0.15, 0.2) is 34.2 Å². The molecule has 2 heterocycles. The second-order valence-electron chi connectivity index (χ2n) is 5.74. The van der Waals surface area contributed by atoms with Crippen molar-refractivity contribution in [2.45, 2.75) is 19.0 Å². The Morgan fingerprint density at radius 2 is 2.16 bits per heavy atom. The van der Waals surface area contributed by atoms with E-state index in [1.807, 2.05) is 32.0 Å². The molecule has 1 aromatic carbocycles. The topological polar surface area (TPSA) is 79.8 Å². The van der Waals surface area contributed by atoms with Gasteiger partial charge < -0.3 is 10.3 Å². The van der Waals surface area contributed by atoms with Gasteiger partial charge in [-0.25, -0.2) is 4.98 Å². The first-order valence-electron chi connectivity index (χ1n) is 7.61. The number of para-hydroxylation sites is 1. The largest absolute Gasteiger partial charge is 0.353 e. The average Bonchev–Trinajstić information content (AvgIpc) is 2.94. The van der Waals surface area contributed by atoms with Crippen molar-refractivity contribution in [3.8, 4) is 0 Å². The third-order valence-electron chi connectivity index (χ3n) is 3.77. The molecule has 3 rings (SSSR count). The van der Waals surface area contributed by atoms with E-state index in [2.05, 4.69) is 15.3 Å². The van der Waals surface area contributed by atoms with Crippen LogP contribution in [0, 0.1) is 13.8 Å². The molecular weight excluding hydrogens is 360 g/mol. The molecule has 25 heavy (non-hydrogen) atoms. The standard InChI is InChI=1S/C17H17ClN4O2S/c1-9-5-4-6-11(18)14(9)21-13(23)8-25-17-20-12-7-10(2)19-15(12)16(24)22(17)3/h4-7,19H,8H2,1-3H3,(H,21,23). The Balaban J connectivity index is 1.77. The lowest BCUT2D eigenvalue weighted by Gasteiger charge is -2.10. The number of fused-ring (bicyclic) bond motifs is 1. The molecule has 0 spiro atoms. The van der Waals surface area contributed by atoms with Gasteiger partial charge in [0.05, 0.1) is 22.0 Å². The molecule has 0 aliphatic carbocycles. The molecule has 8 heteroatoms. The fourth-order valence-corrected chi connectivity index (χ4v) is 3.52. The highest BCUT2D eigenvalue weighted by molar-refractivity contribution is 7.99. The van der Waals surface area contributed by atoms with E-state index in [0.29, 0.717) is 26.9 Å². The molecule has 0 radical (unpaired) electrons. The number of anilines is 1. The number of thioether (sulfide) groups is 1. The molecule has 1 amide bonds. The molecule has 0 fully saturated rings. The van der Waals surface area contributed by atoms with Gasteiger partial charge in [-0.15, -0.1) is 0 Å². The van der Waals surface area contributed by atoms with Crippen molar-refractivity contribution in [1.29, 1.82) is 0 Å². The first kappa shape index (κ1) is 17.6. The fourth-order valence-electron chi connectivity index (χ4n) is 2.48. The van der Waals surface area contributed by atoms with Gasteiger partial charge >= 0.3 is 0 Å². The van der Waals surface area contributed by atoms with Crippen LogP contribution in [0.5, 0.6) is 0 Å².